The minimum atomic E-state index is -0.511. The van der Waals surface area contributed by atoms with Crippen LogP contribution in [0.15, 0.2) is 80.2 Å². The predicted octanol–water partition coefficient (Wildman–Crippen LogP) is 5.71. The molecule has 0 radical (unpaired) electrons. The van der Waals surface area contributed by atoms with E-state index >= 15 is 0 Å². The average Bonchev–Trinajstić information content (AvgIpc) is 3.23. The molecule has 1 aliphatic heterocycles. The maximum atomic E-state index is 12.1. The zero-order valence-electron chi connectivity index (χ0n) is 13.3. The van der Waals surface area contributed by atoms with Crippen molar-refractivity contribution in [1.29, 1.82) is 0 Å². The van der Waals surface area contributed by atoms with Gasteiger partial charge in [0.1, 0.15) is 11.5 Å². The van der Waals surface area contributed by atoms with Gasteiger partial charge in [0.05, 0.1) is 5.02 Å². The molecule has 3 aromatic rings. The van der Waals surface area contributed by atoms with Crippen LogP contribution in [0.25, 0.3) is 17.4 Å². The number of nitrogens with zero attached hydrogens (tertiary/aromatic N) is 1. The van der Waals surface area contributed by atoms with Gasteiger partial charge in [-0.05, 0) is 42.5 Å². The Labute approximate surface area is 162 Å². The minimum absolute atomic E-state index is 0.187. The number of ether oxygens (including phenoxy) is 1. The molecule has 0 saturated carbocycles. The number of carbonyl (C=O) groups excluding carboxylic acids is 1. The fourth-order valence-electron chi connectivity index (χ4n) is 2.51. The molecule has 0 spiro atoms. The van der Waals surface area contributed by atoms with Gasteiger partial charge in [-0.25, -0.2) is 9.79 Å². The molecule has 2 aromatic carbocycles. The number of hydrogen-bond donors (Lipinski definition) is 0. The average molecular weight is 429 g/mol. The van der Waals surface area contributed by atoms with Crippen LogP contribution in [0, 0.1) is 0 Å². The minimum Gasteiger partial charge on any atom is -0.457 e. The van der Waals surface area contributed by atoms with E-state index in [0.29, 0.717) is 16.5 Å². The summed E-state index contributed by atoms with van der Waals surface area (Å²) in [6, 6.07) is 18.3. The van der Waals surface area contributed by atoms with Crippen molar-refractivity contribution in [3.05, 3.63) is 87.2 Å². The van der Waals surface area contributed by atoms with Gasteiger partial charge in [0, 0.05) is 21.7 Å². The third-order valence-corrected chi connectivity index (χ3v) is 4.55. The van der Waals surface area contributed by atoms with Crippen molar-refractivity contribution in [1.82, 2.24) is 0 Å². The molecule has 0 saturated heterocycles. The molecule has 0 unspecified atom stereocenters. The van der Waals surface area contributed by atoms with Gasteiger partial charge in [-0.2, -0.15) is 0 Å². The summed E-state index contributed by atoms with van der Waals surface area (Å²) >= 11 is 9.63. The summed E-state index contributed by atoms with van der Waals surface area (Å²) in [7, 11) is 0. The van der Waals surface area contributed by atoms with Gasteiger partial charge in [-0.15, -0.1) is 0 Å². The molecule has 6 heteroatoms. The van der Waals surface area contributed by atoms with Crippen molar-refractivity contribution in [2.45, 2.75) is 0 Å². The fourth-order valence-corrected chi connectivity index (χ4v) is 3.28. The largest absolute Gasteiger partial charge is 0.457 e. The molecule has 0 atom stereocenters. The second-order valence-corrected chi connectivity index (χ2v) is 6.85. The van der Waals surface area contributed by atoms with Crippen LogP contribution in [0.4, 0.5) is 0 Å². The van der Waals surface area contributed by atoms with Gasteiger partial charge in [0.15, 0.2) is 5.70 Å². The number of halogens is 2. The Bertz CT molecular complexity index is 1050. The molecule has 26 heavy (non-hydrogen) atoms. The molecule has 0 amide bonds. The number of aliphatic imine (C=N–C) groups is 1. The van der Waals surface area contributed by atoms with Gasteiger partial charge < -0.3 is 9.15 Å². The molecule has 2 heterocycles. The van der Waals surface area contributed by atoms with E-state index in [0.717, 1.165) is 15.6 Å². The van der Waals surface area contributed by atoms with E-state index in [4.69, 9.17) is 20.8 Å². The monoisotopic (exact) mass is 427 g/mol. The highest BCUT2D eigenvalue weighted by Gasteiger charge is 2.24. The first-order chi connectivity index (χ1) is 12.6. The maximum Gasteiger partial charge on any atom is 0.363 e. The highest BCUT2D eigenvalue weighted by molar-refractivity contribution is 9.10. The number of carbonyl (C=O) groups is 1. The second kappa shape index (κ2) is 6.94. The first kappa shape index (κ1) is 16.8. The molecule has 1 aliphatic rings. The first-order valence-electron chi connectivity index (χ1n) is 7.73. The molecular weight excluding hydrogens is 418 g/mol. The summed E-state index contributed by atoms with van der Waals surface area (Å²) in [5.74, 6) is 0.866. The molecular formula is C20H11BrClNO3. The van der Waals surface area contributed by atoms with Crippen molar-refractivity contribution < 1.29 is 13.9 Å². The number of esters is 1. The maximum absolute atomic E-state index is 12.1. The third-order valence-electron chi connectivity index (χ3n) is 3.74. The Balaban J connectivity index is 1.64. The molecule has 0 N–H and O–H groups in total. The lowest BCUT2D eigenvalue weighted by molar-refractivity contribution is -0.129. The van der Waals surface area contributed by atoms with Crippen LogP contribution in [0.1, 0.15) is 11.3 Å². The second-order valence-electron chi connectivity index (χ2n) is 5.53. The van der Waals surface area contributed by atoms with E-state index in [9.17, 15) is 4.79 Å². The zero-order valence-corrected chi connectivity index (χ0v) is 15.6. The number of cyclic esters (lactones) is 1. The van der Waals surface area contributed by atoms with Crippen molar-refractivity contribution in [2.24, 2.45) is 4.99 Å². The quantitative estimate of drug-likeness (QED) is 0.397. The lowest BCUT2D eigenvalue weighted by atomic mass is 10.2. The van der Waals surface area contributed by atoms with Gasteiger partial charge in [-0.3, -0.25) is 0 Å². The van der Waals surface area contributed by atoms with Crippen LogP contribution < -0.4 is 0 Å². The Kier molecular flexibility index (Phi) is 4.49. The summed E-state index contributed by atoms with van der Waals surface area (Å²) in [6.07, 6.45) is 1.55. The molecule has 4 nitrogen and oxygen atoms in total. The van der Waals surface area contributed by atoms with E-state index in [2.05, 4.69) is 20.9 Å². The van der Waals surface area contributed by atoms with Crippen LogP contribution in [-0.4, -0.2) is 11.9 Å². The van der Waals surface area contributed by atoms with E-state index in [-0.39, 0.29) is 11.6 Å². The van der Waals surface area contributed by atoms with Crippen LogP contribution in [-0.2, 0) is 9.53 Å². The summed E-state index contributed by atoms with van der Waals surface area (Å²) in [5, 5.41) is 0.567. The highest BCUT2D eigenvalue weighted by Crippen LogP contribution is 2.32. The molecule has 0 fully saturated rings. The number of rotatable bonds is 3. The van der Waals surface area contributed by atoms with Gasteiger partial charge in [-0.1, -0.05) is 45.7 Å². The summed E-state index contributed by atoms with van der Waals surface area (Å²) in [4.78, 5) is 16.3. The molecule has 0 aliphatic carbocycles. The van der Waals surface area contributed by atoms with E-state index in [1.165, 1.54) is 0 Å². The summed E-state index contributed by atoms with van der Waals surface area (Å²) in [6.45, 7) is 0. The highest BCUT2D eigenvalue weighted by atomic mass is 79.9. The van der Waals surface area contributed by atoms with Crippen molar-refractivity contribution in [2.75, 3.05) is 0 Å². The van der Waals surface area contributed by atoms with Crippen molar-refractivity contribution in [3.8, 4) is 11.3 Å². The SMILES string of the molecule is O=C1OC(c2ccccc2)=N/C1=C/c1ccc(-c2ccc(Br)cc2Cl)o1. The van der Waals surface area contributed by atoms with Gasteiger partial charge >= 0.3 is 5.97 Å². The Morgan fingerprint density at radius 3 is 2.62 bits per heavy atom. The lowest BCUT2D eigenvalue weighted by Crippen LogP contribution is -2.04. The first-order valence-corrected chi connectivity index (χ1v) is 8.90. The van der Waals surface area contributed by atoms with Crippen molar-refractivity contribution >= 4 is 45.5 Å². The Morgan fingerprint density at radius 2 is 1.85 bits per heavy atom. The molecule has 0 bridgehead atoms. The Hall–Kier alpha value is -2.63. The van der Waals surface area contributed by atoms with Crippen molar-refractivity contribution in [3.63, 3.8) is 0 Å². The Morgan fingerprint density at radius 1 is 1.04 bits per heavy atom. The standard InChI is InChI=1S/C20H11BrClNO3/c21-13-6-8-15(16(22)10-13)18-9-7-14(25-18)11-17-20(24)26-19(23-17)12-4-2-1-3-5-12/h1-11H/b17-11+. The van der Waals surface area contributed by atoms with Crippen LogP contribution in [0.3, 0.4) is 0 Å². The topological polar surface area (TPSA) is 51.8 Å². The summed E-state index contributed by atoms with van der Waals surface area (Å²) < 4.78 is 11.9. The molecule has 128 valence electrons. The number of furan rings is 1. The van der Waals surface area contributed by atoms with Crippen LogP contribution >= 0.6 is 27.5 Å². The fraction of sp³-hybridized carbons (Fsp3) is 0. The summed E-state index contributed by atoms with van der Waals surface area (Å²) in [5.41, 5.74) is 1.69. The van der Waals surface area contributed by atoms with E-state index in [1.54, 1.807) is 24.3 Å². The lowest BCUT2D eigenvalue weighted by Gasteiger charge is -2.00. The van der Waals surface area contributed by atoms with Gasteiger partial charge in [0.25, 0.3) is 0 Å². The molecule has 1 aromatic heterocycles. The number of hydrogen-bond acceptors (Lipinski definition) is 4. The smallest absolute Gasteiger partial charge is 0.363 e. The van der Waals surface area contributed by atoms with E-state index in [1.807, 2.05) is 42.5 Å². The normalized spacial score (nSPS) is 15.2. The van der Waals surface area contributed by atoms with Crippen LogP contribution in [0.2, 0.25) is 5.02 Å². The zero-order chi connectivity index (χ0) is 18.1. The van der Waals surface area contributed by atoms with E-state index < -0.39 is 5.97 Å². The molecule has 4 rings (SSSR count). The number of benzene rings is 2. The van der Waals surface area contributed by atoms with Gasteiger partial charge in [0.2, 0.25) is 5.90 Å². The third kappa shape index (κ3) is 3.36. The van der Waals surface area contributed by atoms with Crippen LogP contribution in [0.5, 0.6) is 0 Å². The predicted molar refractivity (Wildman–Crippen MR) is 104 cm³/mol.